The van der Waals surface area contributed by atoms with Gasteiger partial charge in [-0.25, -0.2) is 0 Å². The Labute approximate surface area is 76.5 Å². The van der Waals surface area contributed by atoms with Crippen LogP contribution in [0.25, 0.3) is 0 Å². The Morgan fingerprint density at radius 2 is 1.75 bits per heavy atom. The maximum atomic E-state index is 6.00. The molecule has 0 N–H and O–H groups in total. The molecule has 1 fully saturated rings. The molecule has 4 atom stereocenters. The van der Waals surface area contributed by atoms with E-state index in [4.69, 9.17) is 4.74 Å². The van der Waals surface area contributed by atoms with Gasteiger partial charge in [0.15, 0.2) is 0 Å². The quantitative estimate of drug-likeness (QED) is 0.619. The van der Waals surface area contributed by atoms with Crippen molar-refractivity contribution in [3.8, 4) is 0 Å². The summed E-state index contributed by atoms with van der Waals surface area (Å²) in [6.07, 6.45) is 2.16. The molecule has 1 heteroatoms. The lowest BCUT2D eigenvalue weighted by molar-refractivity contribution is 0.00413. The van der Waals surface area contributed by atoms with E-state index in [9.17, 15) is 0 Å². The maximum absolute atomic E-state index is 6.00. The fourth-order valence-corrected chi connectivity index (χ4v) is 2.32. The SMILES string of the molecule is CC[C@H]1O[C@@H](C(C)C)C(C)[C@H]1C. The summed E-state index contributed by atoms with van der Waals surface area (Å²) in [5, 5.41) is 0. The fraction of sp³-hybridized carbons (Fsp3) is 1.00. The van der Waals surface area contributed by atoms with Crippen molar-refractivity contribution in [3.05, 3.63) is 0 Å². The van der Waals surface area contributed by atoms with Crippen molar-refractivity contribution in [3.63, 3.8) is 0 Å². The molecule has 1 saturated heterocycles. The third kappa shape index (κ3) is 1.66. The minimum Gasteiger partial charge on any atom is -0.374 e. The number of rotatable bonds is 2. The van der Waals surface area contributed by atoms with Crippen molar-refractivity contribution in [2.75, 3.05) is 0 Å². The Bertz CT molecular complexity index is 142. The van der Waals surface area contributed by atoms with Crippen molar-refractivity contribution in [2.24, 2.45) is 17.8 Å². The molecule has 0 radical (unpaired) electrons. The minimum atomic E-state index is 0.491. The summed E-state index contributed by atoms with van der Waals surface area (Å²) >= 11 is 0. The van der Waals surface area contributed by atoms with Crippen LogP contribution < -0.4 is 0 Å². The highest BCUT2D eigenvalue weighted by atomic mass is 16.5. The summed E-state index contributed by atoms with van der Waals surface area (Å²) in [6.45, 7) is 11.4. The van der Waals surface area contributed by atoms with Crippen LogP contribution in [0.5, 0.6) is 0 Å². The van der Waals surface area contributed by atoms with Gasteiger partial charge in [0.1, 0.15) is 0 Å². The molecule has 1 unspecified atom stereocenters. The molecule has 72 valence electrons. The van der Waals surface area contributed by atoms with Gasteiger partial charge in [0, 0.05) is 0 Å². The van der Waals surface area contributed by atoms with E-state index in [2.05, 4.69) is 34.6 Å². The van der Waals surface area contributed by atoms with Crippen LogP contribution in [-0.4, -0.2) is 12.2 Å². The Morgan fingerprint density at radius 1 is 1.17 bits per heavy atom. The normalized spacial score (nSPS) is 42.5. The van der Waals surface area contributed by atoms with Crippen LogP contribution in [0.1, 0.15) is 41.0 Å². The van der Waals surface area contributed by atoms with Gasteiger partial charge in [-0.15, -0.1) is 0 Å². The largest absolute Gasteiger partial charge is 0.374 e. The van der Waals surface area contributed by atoms with Crippen LogP contribution in [0.15, 0.2) is 0 Å². The third-order valence-corrected chi connectivity index (χ3v) is 3.33. The molecule has 1 aliphatic heterocycles. The first-order valence-corrected chi connectivity index (χ1v) is 5.23. The first kappa shape index (κ1) is 10.0. The number of ether oxygens (including phenoxy) is 1. The zero-order valence-electron chi connectivity index (χ0n) is 9.00. The van der Waals surface area contributed by atoms with Gasteiger partial charge in [0.05, 0.1) is 12.2 Å². The first-order valence-electron chi connectivity index (χ1n) is 5.23. The van der Waals surface area contributed by atoms with Crippen molar-refractivity contribution < 1.29 is 4.74 Å². The number of hydrogen-bond acceptors (Lipinski definition) is 1. The van der Waals surface area contributed by atoms with Gasteiger partial charge in [0.2, 0.25) is 0 Å². The van der Waals surface area contributed by atoms with Crippen molar-refractivity contribution in [1.82, 2.24) is 0 Å². The fourth-order valence-electron chi connectivity index (χ4n) is 2.32. The summed E-state index contributed by atoms with van der Waals surface area (Å²) < 4.78 is 6.00. The lowest BCUT2D eigenvalue weighted by atomic mass is 9.85. The monoisotopic (exact) mass is 170 g/mol. The predicted molar refractivity (Wildman–Crippen MR) is 52.1 cm³/mol. The van der Waals surface area contributed by atoms with E-state index < -0.39 is 0 Å². The summed E-state index contributed by atoms with van der Waals surface area (Å²) in [7, 11) is 0. The van der Waals surface area contributed by atoms with Crippen LogP contribution in [0.2, 0.25) is 0 Å². The molecule has 1 aliphatic rings. The Balaban J connectivity index is 2.60. The molecule has 0 aromatic heterocycles. The van der Waals surface area contributed by atoms with E-state index in [0.29, 0.717) is 18.1 Å². The van der Waals surface area contributed by atoms with E-state index >= 15 is 0 Å². The summed E-state index contributed by atoms with van der Waals surface area (Å²) in [5.41, 5.74) is 0. The summed E-state index contributed by atoms with van der Waals surface area (Å²) in [6, 6.07) is 0. The van der Waals surface area contributed by atoms with Crippen LogP contribution >= 0.6 is 0 Å². The van der Waals surface area contributed by atoms with E-state index in [1.165, 1.54) is 0 Å². The highest BCUT2D eigenvalue weighted by Gasteiger charge is 2.38. The molecular formula is C11H22O. The van der Waals surface area contributed by atoms with Gasteiger partial charge >= 0.3 is 0 Å². The molecule has 0 aromatic carbocycles. The molecule has 0 spiro atoms. The van der Waals surface area contributed by atoms with Gasteiger partial charge in [-0.1, -0.05) is 34.6 Å². The van der Waals surface area contributed by atoms with Crippen molar-refractivity contribution in [1.29, 1.82) is 0 Å². The average molecular weight is 170 g/mol. The van der Waals surface area contributed by atoms with Crippen LogP contribution in [0, 0.1) is 17.8 Å². The number of hydrogen-bond donors (Lipinski definition) is 0. The molecule has 0 amide bonds. The lowest BCUT2D eigenvalue weighted by Gasteiger charge is -2.19. The highest BCUT2D eigenvalue weighted by Crippen LogP contribution is 2.36. The van der Waals surface area contributed by atoms with Gasteiger partial charge in [-0.3, -0.25) is 0 Å². The van der Waals surface area contributed by atoms with E-state index in [1.54, 1.807) is 0 Å². The molecule has 0 aromatic rings. The van der Waals surface area contributed by atoms with Crippen molar-refractivity contribution >= 4 is 0 Å². The third-order valence-electron chi connectivity index (χ3n) is 3.33. The van der Waals surface area contributed by atoms with Crippen molar-refractivity contribution in [2.45, 2.75) is 53.2 Å². The standard InChI is InChI=1S/C11H22O/c1-6-10-8(4)9(5)11(12-10)7(2)3/h7-11H,6H2,1-5H3/t8-,9?,10-,11+/m1/s1. The van der Waals surface area contributed by atoms with Crippen LogP contribution in [-0.2, 0) is 4.74 Å². The predicted octanol–water partition coefficient (Wildman–Crippen LogP) is 3.09. The van der Waals surface area contributed by atoms with Crippen LogP contribution in [0.3, 0.4) is 0 Å². The van der Waals surface area contributed by atoms with Crippen LogP contribution in [0.4, 0.5) is 0 Å². The van der Waals surface area contributed by atoms with Gasteiger partial charge < -0.3 is 4.74 Å². The smallest absolute Gasteiger partial charge is 0.0630 e. The maximum Gasteiger partial charge on any atom is 0.0630 e. The van der Waals surface area contributed by atoms with Gasteiger partial charge in [0.25, 0.3) is 0 Å². The van der Waals surface area contributed by atoms with E-state index in [0.717, 1.165) is 18.3 Å². The second kappa shape index (κ2) is 3.78. The minimum absolute atomic E-state index is 0.491. The second-order valence-corrected chi connectivity index (χ2v) is 4.51. The van der Waals surface area contributed by atoms with Gasteiger partial charge in [-0.05, 0) is 24.2 Å². The molecule has 1 nitrogen and oxygen atoms in total. The molecular weight excluding hydrogens is 148 g/mol. The zero-order valence-corrected chi connectivity index (χ0v) is 9.00. The van der Waals surface area contributed by atoms with E-state index in [-0.39, 0.29) is 0 Å². The summed E-state index contributed by atoms with van der Waals surface area (Å²) in [5.74, 6) is 2.14. The molecule has 0 aliphatic carbocycles. The average Bonchev–Trinajstić information content (AvgIpc) is 2.30. The Hall–Kier alpha value is -0.0400. The second-order valence-electron chi connectivity index (χ2n) is 4.51. The molecule has 0 saturated carbocycles. The molecule has 12 heavy (non-hydrogen) atoms. The molecule has 0 bridgehead atoms. The Morgan fingerprint density at radius 3 is 2.00 bits per heavy atom. The van der Waals surface area contributed by atoms with Gasteiger partial charge in [-0.2, -0.15) is 0 Å². The highest BCUT2D eigenvalue weighted by molar-refractivity contribution is 4.86. The Kier molecular flexibility index (Phi) is 3.16. The van der Waals surface area contributed by atoms with E-state index in [1.807, 2.05) is 0 Å². The molecule has 1 heterocycles. The lowest BCUT2D eigenvalue weighted by Crippen LogP contribution is -2.21. The topological polar surface area (TPSA) is 9.23 Å². The summed E-state index contributed by atoms with van der Waals surface area (Å²) in [4.78, 5) is 0. The first-order chi connectivity index (χ1) is 5.57. The molecule has 1 rings (SSSR count). The zero-order chi connectivity index (χ0) is 9.30.